The largest absolute Gasteiger partial charge is 0.380 e. The standard InChI is InChI=1S/C17H21FN2O2S.ClH/c1-10-6-11(7-19)8-20(10)17(21)16-12(9-22-2)15-13(18)4-3-5-14(15)23-16;/h3-5,10-11H,6-9,19H2,1-2H3;1H. The number of methoxy groups -OCH3 is 1. The molecule has 1 aromatic carbocycles. The van der Waals surface area contributed by atoms with Crippen LogP contribution in [0.25, 0.3) is 10.1 Å². The van der Waals surface area contributed by atoms with Gasteiger partial charge in [0.25, 0.3) is 5.91 Å². The maximum Gasteiger partial charge on any atom is 0.264 e. The van der Waals surface area contributed by atoms with Crippen LogP contribution in [0.3, 0.4) is 0 Å². The van der Waals surface area contributed by atoms with Gasteiger partial charge >= 0.3 is 0 Å². The zero-order valence-corrected chi connectivity index (χ0v) is 15.4. The fourth-order valence-electron chi connectivity index (χ4n) is 3.35. The predicted octanol–water partition coefficient (Wildman–Crippen LogP) is 3.42. The van der Waals surface area contributed by atoms with Gasteiger partial charge in [-0.15, -0.1) is 23.7 Å². The summed E-state index contributed by atoms with van der Waals surface area (Å²) < 4.78 is 20.2. The van der Waals surface area contributed by atoms with E-state index in [0.29, 0.717) is 34.8 Å². The molecular weight excluding hydrogens is 351 g/mol. The first-order valence-corrected chi connectivity index (χ1v) is 8.58. The Labute approximate surface area is 151 Å². The SMILES string of the molecule is COCc1c(C(=O)N2CC(CN)CC2C)sc2cccc(F)c12.Cl. The minimum Gasteiger partial charge on any atom is -0.380 e. The number of carbonyl (C=O) groups excluding carboxylic acids is 1. The number of hydrogen-bond donors (Lipinski definition) is 1. The van der Waals surface area contributed by atoms with Crippen molar-refractivity contribution < 1.29 is 13.9 Å². The fourth-order valence-corrected chi connectivity index (χ4v) is 4.53. The fraction of sp³-hybridized carbons (Fsp3) is 0.471. The van der Waals surface area contributed by atoms with E-state index in [-0.39, 0.29) is 36.8 Å². The lowest BCUT2D eigenvalue weighted by molar-refractivity contribution is 0.0744. The van der Waals surface area contributed by atoms with Crippen LogP contribution in [-0.2, 0) is 11.3 Å². The minimum absolute atomic E-state index is 0. The molecule has 0 spiro atoms. The van der Waals surface area contributed by atoms with E-state index in [2.05, 4.69) is 0 Å². The average molecular weight is 373 g/mol. The van der Waals surface area contributed by atoms with E-state index in [1.165, 1.54) is 17.4 Å². The molecule has 0 radical (unpaired) electrons. The highest BCUT2D eigenvalue weighted by atomic mass is 35.5. The lowest BCUT2D eigenvalue weighted by Gasteiger charge is -2.21. The number of halogens is 2. The lowest BCUT2D eigenvalue weighted by Crippen LogP contribution is -2.34. The summed E-state index contributed by atoms with van der Waals surface area (Å²) in [5.41, 5.74) is 6.40. The van der Waals surface area contributed by atoms with Crippen LogP contribution in [0, 0.1) is 11.7 Å². The third-order valence-electron chi connectivity index (χ3n) is 4.50. The van der Waals surface area contributed by atoms with Crippen LogP contribution >= 0.6 is 23.7 Å². The first-order chi connectivity index (χ1) is 11.1. The van der Waals surface area contributed by atoms with Crippen molar-refractivity contribution in [3.63, 3.8) is 0 Å². The van der Waals surface area contributed by atoms with E-state index in [1.54, 1.807) is 13.2 Å². The first-order valence-electron chi connectivity index (χ1n) is 7.76. The molecule has 1 aliphatic heterocycles. The molecule has 0 saturated carbocycles. The van der Waals surface area contributed by atoms with Crippen LogP contribution in [-0.4, -0.2) is 37.0 Å². The van der Waals surface area contributed by atoms with Gasteiger partial charge in [-0.25, -0.2) is 4.39 Å². The molecule has 1 amide bonds. The number of carbonyl (C=O) groups is 1. The maximum absolute atomic E-state index is 14.2. The molecule has 2 N–H and O–H groups in total. The number of ether oxygens (including phenoxy) is 1. The highest BCUT2D eigenvalue weighted by molar-refractivity contribution is 7.21. The second-order valence-electron chi connectivity index (χ2n) is 6.10. The number of fused-ring (bicyclic) bond motifs is 1. The monoisotopic (exact) mass is 372 g/mol. The Kier molecular flexibility index (Phi) is 6.20. The van der Waals surface area contributed by atoms with Gasteiger partial charge in [0.05, 0.1) is 11.5 Å². The highest BCUT2D eigenvalue weighted by Gasteiger charge is 2.34. The van der Waals surface area contributed by atoms with Crippen LogP contribution in [0.1, 0.15) is 28.6 Å². The summed E-state index contributed by atoms with van der Waals surface area (Å²) in [5, 5.41) is 0.505. The van der Waals surface area contributed by atoms with Gasteiger partial charge in [0.2, 0.25) is 0 Å². The second-order valence-corrected chi connectivity index (χ2v) is 7.15. The normalized spacial score (nSPS) is 20.4. The molecular formula is C17H22ClFN2O2S. The van der Waals surface area contributed by atoms with Crippen molar-refractivity contribution >= 4 is 39.7 Å². The molecule has 2 unspecified atom stereocenters. The van der Waals surface area contributed by atoms with Crippen molar-refractivity contribution in [2.45, 2.75) is 26.0 Å². The molecule has 7 heteroatoms. The summed E-state index contributed by atoms with van der Waals surface area (Å²) in [5.74, 6) is -0.00815. The van der Waals surface area contributed by atoms with Gasteiger partial charge in [-0.3, -0.25) is 4.79 Å². The second kappa shape index (κ2) is 7.78. The van der Waals surface area contributed by atoms with Gasteiger partial charge in [-0.05, 0) is 37.9 Å². The zero-order valence-electron chi connectivity index (χ0n) is 13.8. The van der Waals surface area contributed by atoms with Gasteiger partial charge in [0, 0.05) is 35.3 Å². The van der Waals surface area contributed by atoms with Crippen LogP contribution in [0.5, 0.6) is 0 Å². The molecule has 1 aliphatic rings. The minimum atomic E-state index is -0.306. The van der Waals surface area contributed by atoms with Gasteiger partial charge in [-0.2, -0.15) is 0 Å². The van der Waals surface area contributed by atoms with Crippen molar-refractivity contribution in [1.29, 1.82) is 0 Å². The molecule has 1 aromatic heterocycles. The summed E-state index contributed by atoms with van der Waals surface area (Å²) >= 11 is 1.34. The number of nitrogens with zero attached hydrogens (tertiary/aromatic N) is 1. The van der Waals surface area contributed by atoms with Crippen molar-refractivity contribution in [2.75, 3.05) is 20.2 Å². The summed E-state index contributed by atoms with van der Waals surface area (Å²) in [7, 11) is 1.56. The predicted molar refractivity (Wildman–Crippen MR) is 97.4 cm³/mol. The Morgan fingerprint density at radius 1 is 1.50 bits per heavy atom. The molecule has 132 valence electrons. The Balaban J connectivity index is 0.00000208. The van der Waals surface area contributed by atoms with E-state index >= 15 is 0 Å². The van der Waals surface area contributed by atoms with Crippen LogP contribution in [0.4, 0.5) is 4.39 Å². The van der Waals surface area contributed by atoms with E-state index in [9.17, 15) is 9.18 Å². The van der Waals surface area contributed by atoms with Crippen molar-refractivity contribution in [3.05, 3.63) is 34.5 Å². The molecule has 4 nitrogen and oxygen atoms in total. The number of hydrogen-bond acceptors (Lipinski definition) is 4. The van der Waals surface area contributed by atoms with E-state index in [1.807, 2.05) is 17.9 Å². The Bertz CT molecular complexity index is 737. The summed E-state index contributed by atoms with van der Waals surface area (Å²) in [6, 6.07) is 5.09. The van der Waals surface area contributed by atoms with Crippen molar-refractivity contribution in [2.24, 2.45) is 11.7 Å². The maximum atomic E-state index is 14.2. The quantitative estimate of drug-likeness (QED) is 0.894. The van der Waals surface area contributed by atoms with Gasteiger partial charge < -0.3 is 15.4 Å². The zero-order chi connectivity index (χ0) is 16.6. The van der Waals surface area contributed by atoms with E-state index in [0.717, 1.165) is 11.1 Å². The number of likely N-dealkylation sites (tertiary alicyclic amines) is 1. The average Bonchev–Trinajstić information content (AvgIpc) is 3.09. The van der Waals surface area contributed by atoms with Crippen LogP contribution in [0.2, 0.25) is 0 Å². The number of rotatable bonds is 4. The summed E-state index contributed by atoms with van der Waals surface area (Å²) in [6.07, 6.45) is 0.918. The Hall–Kier alpha value is -1.21. The van der Waals surface area contributed by atoms with Gasteiger partial charge in [0.15, 0.2) is 0 Å². The van der Waals surface area contributed by atoms with Crippen molar-refractivity contribution in [1.82, 2.24) is 4.90 Å². The lowest BCUT2D eigenvalue weighted by atomic mass is 10.1. The molecule has 0 bridgehead atoms. The molecule has 0 aliphatic carbocycles. The molecule has 24 heavy (non-hydrogen) atoms. The summed E-state index contributed by atoms with van der Waals surface area (Å²) in [6.45, 7) is 3.52. The molecule has 2 atom stereocenters. The molecule has 3 rings (SSSR count). The summed E-state index contributed by atoms with van der Waals surface area (Å²) in [4.78, 5) is 15.5. The molecule has 1 fully saturated rings. The van der Waals surface area contributed by atoms with Gasteiger partial charge in [0.1, 0.15) is 5.82 Å². The number of thiophene rings is 1. The molecule has 1 saturated heterocycles. The number of amides is 1. The first kappa shape index (κ1) is 19.1. The number of benzene rings is 1. The smallest absolute Gasteiger partial charge is 0.264 e. The molecule has 2 aromatic rings. The van der Waals surface area contributed by atoms with E-state index < -0.39 is 0 Å². The van der Waals surface area contributed by atoms with E-state index in [4.69, 9.17) is 10.5 Å². The topological polar surface area (TPSA) is 55.6 Å². The Morgan fingerprint density at radius 2 is 2.25 bits per heavy atom. The van der Waals surface area contributed by atoms with Crippen LogP contribution < -0.4 is 5.73 Å². The third kappa shape index (κ3) is 3.28. The third-order valence-corrected chi connectivity index (χ3v) is 5.69. The highest BCUT2D eigenvalue weighted by Crippen LogP contribution is 2.36. The Morgan fingerprint density at radius 3 is 2.88 bits per heavy atom. The molecule has 2 heterocycles. The number of nitrogens with two attached hydrogens (primary N) is 1. The van der Waals surface area contributed by atoms with Crippen molar-refractivity contribution in [3.8, 4) is 0 Å². The van der Waals surface area contributed by atoms with Gasteiger partial charge in [-0.1, -0.05) is 6.07 Å². The van der Waals surface area contributed by atoms with Crippen LogP contribution in [0.15, 0.2) is 18.2 Å².